The van der Waals surface area contributed by atoms with Gasteiger partial charge in [0.25, 0.3) is 5.91 Å². The lowest BCUT2D eigenvalue weighted by Gasteiger charge is -2.28. The van der Waals surface area contributed by atoms with E-state index in [-0.39, 0.29) is 11.8 Å². The van der Waals surface area contributed by atoms with Gasteiger partial charge in [0.2, 0.25) is 5.91 Å². The second kappa shape index (κ2) is 8.11. The van der Waals surface area contributed by atoms with Gasteiger partial charge in [0, 0.05) is 32.4 Å². The number of fused-ring (bicyclic) bond motifs is 1. The molecule has 23 heavy (non-hydrogen) atoms. The van der Waals surface area contributed by atoms with E-state index in [1.165, 1.54) is 0 Å². The highest BCUT2D eigenvalue weighted by Gasteiger charge is 2.36. The number of carbonyl (C=O) groups is 2. The van der Waals surface area contributed by atoms with Gasteiger partial charge in [-0.15, -0.1) is 0 Å². The van der Waals surface area contributed by atoms with E-state index in [2.05, 4.69) is 19.2 Å². The van der Waals surface area contributed by atoms with Crippen LogP contribution in [0, 0.1) is 5.92 Å². The monoisotopic (exact) mass is 318 g/mol. The molecule has 1 N–H and O–H groups in total. The van der Waals surface area contributed by atoms with Crippen LogP contribution in [0.3, 0.4) is 0 Å². The van der Waals surface area contributed by atoms with Gasteiger partial charge < -0.3 is 15.0 Å². The quantitative estimate of drug-likeness (QED) is 0.748. The Balaban J connectivity index is 2.07. The molecule has 5 heteroatoms. The molecule has 2 rings (SSSR count). The Morgan fingerprint density at radius 2 is 2.09 bits per heavy atom. The minimum absolute atomic E-state index is 0.0432. The number of methoxy groups -OCH3 is 1. The Morgan fingerprint density at radius 1 is 1.35 bits per heavy atom. The van der Waals surface area contributed by atoms with Crippen LogP contribution in [0.25, 0.3) is 0 Å². The normalized spacial score (nSPS) is 15.0. The third kappa shape index (κ3) is 4.32. The molecule has 0 unspecified atom stereocenters. The molecule has 1 aromatic carbocycles. The molecular formula is C18H26N2O3. The zero-order chi connectivity index (χ0) is 16.8. The van der Waals surface area contributed by atoms with Crippen LogP contribution in [-0.4, -0.2) is 43.0 Å². The first kappa shape index (κ1) is 17.5. The topological polar surface area (TPSA) is 58.6 Å². The van der Waals surface area contributed by atoms with Crippen molar-refractivity contribution in [3.8, 4) is 0 Å². The van der Waals surface area contributed by atoms with Crippen molar-refractivity contribution in [3.05, 3.63) is 35.4 Å². The first-order valence-electron chi connectivity index (χ1n) is 8.20. The number of nitrogens with zero attached hydrogens (tertiary/aromatic N) is 1. The SMILES string of the molecule is COCCCNC(=O)[C@H](CC(C)C)N1Cc2ccccc2C1=O. The molecule has 1 aromatic rings. The summed E-state index contributed by atoms with van der Waals surface area (Å²) in [5, 5.41) is 2.93. The molecule has 126 valence electrons. The van der Waals surface area contributed by atoms with Crippen LogP contribution >= 0.6 is 0 Å². The predicted molar refractivity (Wildman–Crippen MR) is 89.1 cm³/mol. The molecule has 1 atom stereocenters. The molecule has 1 aliphatic heterocycles. The van der Waals surface area contributed by atoms with Gasteiger partial charge in [-0.1, -0.05) is 32.0 Å². The fraction of sp³-hybridized carbons (Fsp3) is 0.556. The van der Waals surface area contributed by atoms with Gasteiger partial charge in [0.05, 0.1) is 0 Å². The minimum atomic E-state index is -0.419. The first-order chi connectivity index (χ1) is 11.0. The third-order valence-corrected chi connectivity index (χ3v) is 4.05. The summed E-state index contributed by atoms with van der Waals surface area (Å²) in [4.78, 5) is 26.9. The summed E-state index contributed by atoms with van der Waals surface area (Å²) in [5.41, 5.74) is 1.71. The Morgan fingerprint density at radius 3 is 2.74 bits per heavy atom. The van der Waals surface area contributed by atoms with E-state index in [0.717, 1.165) is 12.0 Å². The predicted octanol–water partition coefficient (Wildman–Crippen LogP) is 2.21. The summed E-state index contributed by atoms with van der Waals surface area (Å²) in [5.74, 6) is 0.218. The maximum Gasteiger partial charge on any atom is 0.255 e. The standard InChI is InChI=1S/C18H26N2O3/c1-13(2)11-16(17(21)19-9-6-10-23-3)20-12-14-7-4-5-8-15(14)18(20)22/h4-5,7-8,13,16H,6,9-12H2,1-3H3,(H,19,21)/t16-/m0/s1. The molecule has 2 amide bonds. The fourth-order valence-corrected chi connectivity index (χ4v) is 2.90. The van der Waals surface area contributed by atoms with Crippen LogP contribution in [0.4, 0.5) is 0 Å². The number of rotatable bonds is 8. The summed E-state index contributed by atoms with van der Waals surface area (Å²) >= 11 is 0. The minimum Gasteiger partial charge on any atom is -0.385 e. The number of ether oxygens (including phenoxy) is 1. The van der Waals surface area contributed by atoms with Crippen LogP contribution in [0.2, 0.25) is 0 Å². The van der Waals surface area contributed by atoms with E-state index in [4.69, 9.17) is 4.74 Å². The summed E-state index contributed by atoms with van der Waals surface area (Å²) < 4.78 is 4.99. The molecule has 0 spiro atoms. The number of amides is 2. The zero-order valence-electron chi connectivity index (χ0n) is 14.2. The van der Waals surface area contributed by atoms with Gasteiger partial charge in [0.15, 0.2) is 0 Å². The van der Waals surface area contributed by atoms with Gasteiger partial charge in [-0.3, -0.25) is 9.59 Å². The number of benzene rings is 1. The number of hydrogen-bond acceptors (Lipinski definition) is 3. The molecule has 1 aliphatic rings. The lowest BCUT2D eigenvalue weighted by Crippen LogP contribution is -2.48. The molecule has 0 saturated heterocycles. The maximum atomic E-state index is 12.6. The first-order valence-corrected chi connectivity index (χ1v) is 8.20. The highest BCUT2D eigenvalue weighted by molar-refractivity contribution is 6.01. The van der Waals surface area contributed by atoms with Gasteiger partial charge in [-0.2, -0.15) is 0 Å². The molecule has 0 bridgehead atoms. The zero-order valence-corrected chi connectivity index (χ0v) is 14.2. The van der Waals surface area contributed by atoms with Gasteiger partial charge in [-0.25, -0.2) is 0 Å². The summed E-state index contributed by atoms with van der Waals surface area (Å²) in [7, 11) is 1.64. The van der Waals surface area contributed by atoms with Crippen molar-refractivity contribution in [1.29, 1.82) is 0 Å². The van der Waals surface area contributed by atoms with E-state index in [1.54, 1.807) is 12.0 Å². The van der Waals surface area contributed by atoms with Crippen LogP contribution in [0.1, 0.15) is 42.6 Å². The Labute approximate surface area is 138 Å². The largest absolute Gasteiger partial charge is 0.385 e. The van der Waals surface area contributed by atoms with Crippen LogP contribution < -0.4 is 5.32 Å². The number of carbonyl (C=O) groups excluding carboxylic acids is 2. The third-order valence-electron chi connectivity index (χ3n) is 4.05. The fourth-order valence-electron chi connectivity index (χ4n) is 2.90. The van der Waals surface area contributed by atoms with Crippen LogP contribution in [0.5, 0.6) is 0 Å². The molecule has 0 fully saturated rings. The van der Waals surface area contributed by atoms with Crippen molar-refractivity contribution >= 4 is 11.8 Å². The van der Waals surface area contributed by atoms with Crippen molar-refractivity contribution < 1.29 is 14.3 Å². The smallest absolute Gasteiger partial charge is 0.255 e. The molecule has 0 saturated carbocycles. The average Bonchev–Trinajstić information content (AvgIpc) is 2.86. The van der Waals surface area contributed by atoms with E-state index in [1.807, 2.05) is 24.3 Å². The molecule has 0 aromatic heterocycles. The van der Waals surface area contributed by atoms with Crippen molar-refractivity contribution in [2.75, 3.05) is 20.3 Å². The second-order valence-electron chi connectivity index (χ2n) is 6.37. The number of hydrogen-bond donors (Lipinski definition) is 1. The highest BCUT2D eigenvalue weighted by Crippen LogP contribution is 2.26. The molecular weight excluding hydrogens is 292 g/mol. The van der Waals surface area contributed by atoms with Crippen LogP contribution in [0.15, 0.2) is 24.3 Å². The molecule has 1 heterocycles. The Hall–Kier alpha value is -1.88. The van der Waals surface area contributed by atoms with E-state index < -0.39 is 6.04 Å². The average molecular weight is 318 g/mol. The second-order valence-corrected chi connectivity index (χ2v) is 6.37. The summed E-state index contributed by atoms with van der Waals surface area (Å²) in [6, 6.07) is 7.16. The summed E-state index contributed by atoms with van der Waals surface area (Å²) in [6.45, 7) is 5.83. The van der Waals surface area contributed by atoms with E-state index >= 15 is 0 Å². The number of nitrogens with one attached hydrogen (secondary N) is 1. The Bertz CT molecular complexity index is 557. The molecule has 0 aliphatic carbocycles. The highest BCUT2D eigenvalue weighted by atomic mass is 16.5. The lowest BCUT2D eigenvalue weighted by molar-refractivity contribution is -0.126. The van der Waals surface area contributed by atoms with E-state index in [9.17, 15) is 9.59 Å². The van der Waals surface area contributed by atoms with Crippen LogP contribution in [-0.2, 0) is 16.1 Å². The van der Waals surface area contributed by atoms with E-state index in [0.29, 0.717) is 37.6 Å². The molecule has 5 nitrogen and oxygen atoms in total. The Kier molecular flexibility index (Phi) is 6.16. The van der Waals surface area contributed by atoms with Gasteiger partial charge in [0.1, 0.15) is 6.04 Å². The lowest BCUT2D eigenvalue weighted by atomic mass is 10.0. The summed E-state index contributed by atoms with van der Waals surface area (Å²) in [6.07, 6.45) is 1.43. The molecule has 0 radical (unpaired) electrons. The van der Waals surface area contributed by atoms with Crippen molar-refractivity contribution in [2.45, 2.75) is 39.3 Å². The van der Waals surface area contributed by atoms with Gasteiger partial charge >= 0.3 is 0 Å². The van der Waals surface area contributed by atoms with Gasteiger partial charge in [-0.05, 0) is 30.4 Å². The van der Waals surface area contributed by atoms with Crippen molar-refractivity contribution in [3.63, 3.8) is 0 Å². The van der Waals surface area contributed by atoms with Crippen molar-refractivity contribution in [2.24, 2.45) is 5.92 Å². The maximum absolute atomic E-state index is 12.6. The van der Waals surface area contributed by atoms with Crippen molar-refractivity contribution in [1.82, 2.24) is 10.2 Å².